The molecule has 3 aromatic rings. The Bertz CT molecular complexity index is 1250. The lowest BCUT2D eigenvalue weighted by molar-refractivity contribution is 0.102. The van der Waals surface area contributed by atoms with Crippen molar-refractivity contribution in [2.45, 2.75) is 4.90 Å². The quantitative estimate of drug-likeness (QED) is 0.601. The van der Waals surface area contributed by atoms with E-state index in [1.807, 2.05) is 17.5 Å². The number of hydrogen-bond acceptors (Lipinski definition) is 8. The summed E-state index contributed by atoms with van der Waals surface area (Å²) >= 11 is 1.26. The predicted octanol–water partition coefficient (Wildman–Crippen LogP) is 3.05. The lowest BCUT2D eigenvalue weighted by Gasteiger charge is -2.15. The highest BCUT2D eigenvalue weighted by Gasteiger charge is 2.24. The fraction of sp³-hybridized carbons (Fsp3) is 0.200. The third-order valence-electron chi connectivity index (χ3n) is 4.58. The van der Waals surface area contributed by atoms with Crippen molar-refractivity contribution in [1.82, 2.24) is 9.29 Å². The highest BCUT2D eigenvalue weighted by Crippen LogP contribution is 2.36. The van der Waals surface area contributed by atoms with Gasteiger partial charge >= 0.3 is 0 Å². The van der Waals surface area contributed by atoms with E-state index in [9.17, 15) is 13.2 Å². The van der Waals surface area contributed by atoms with Crippen molar-refractivity contribution in [3.63, 3.8) is 0 Å². The molecule has 0 fully saturated rings. The molecule has 0 aliphatic carbocycles. The summed E-state index contributed by atoms with van der Waals surface area (Å²) in [6.45, 7) is 0.185. The largest absolute Gasteiger partial charge is 0.495 e. The molecule has 0 saturated carbocycles. The van der Waals surface area contributed by atoms with Gasteiger partial charge in [-0.3, -0.25) is 10.1 Å². The fourth-order valence-corrected chi connectivity index (χ4v) is 4.69. The first-order chi connectivity index (χ1) is 14.8. The number of nitrogens with one attached hydrogen (secondary N) is 1. The molecule has 9 nitrogen and oxygen atoms in total. The summed E-state index contributed by atoms with van der Waals surface area (Å²) in [5, 5.41) is 4.90. The molecule has 1 aliphatic rings. The molecule has 0 saturated heterocycles. The number of nitrogens with zero attached hydrogens (tertiary/aromatic N) is 2. The molecule has 31 heavy (non-hydrogen) atoms. The number of aromatic nitrogens is 1. The zero-order chi connectivity index (χ0) is 22.2. The van der Waals surface area contributed by atoms with Crippen molar-refractivity contribution in [3.05, 3.63) is 47.3 Å². The summed E-state index contributed by atoms with van der Waals surface area (Å²) in [4.78, 5) is 17.1. The SMILES string of the molecule is COc1ccc(C(=O)Nc2nc(-c3ccc4c(c3)OCO4)cs2)cc1S(=O)(=O)N(C)C. The van der Waals surface area contributed by atoms with Crippen molar-refractivity contribution >= 4 is 32.4 Å². The number of ether oxygens (including phenoxy) is 3. The maximum Gasteiger partial charge on any atom is 0.257 e. The number of fused-ring (bicyclic) bond motifs is 1. The van der Waals surface area contributed by atoms with Gasteiger partial charge in [0.15, 0.2) is 16.6 Å². The van der Waals surface area contributed by atoms with E-state index in [0.29, 0.717) is 22.3 Å². The molecule has 0 radical (unpaired) electrons. The number of carbonyl (C=O) groups is 1. The molecule has 0 atom stereocenters. The topological polar surface area (TPSA) is 107 Å². The van der Waals surface area contributed by atoms with Crippen LogP contribution in [0.3, 0.4) is 0 Å². The van der Waals surface area contributed by atoms with Crippen LogP contribution in [0.2, 0.25) is 0 Å². The van der Waals surface area contributed by atoms with Crippen LogP contribution in [-0.2, 0) is 10.0 Å². The number of anilines is 1. The summed E-state index contributed by atoms with van der Waals surface area (Å²) in [7, 11) is 0.403. The molecule has 0 bridgehead atoms. The number of hydrogen-bond donors (Lipinski definition) is 1. The second-order valence-electron chi connectivity index (χ2n) is 6.71. The number of sulfonamides is 1. The van der Waals surface area contributed by atoms with Gasteiger partial charge in [-0.15, -0.1) is 11.3 Å². The van der Waals surface area contributed by atoms with Gasteiger partial charge in [-0.1, -0.05) is 0 Å². The van der Waals surface area contributed by atoms with Gasteiger partial charge in [0.1, 0.15) is 10.6 Å². The normalized spacial score (nSPS) is 12.8. The third kappa shape index (κ3) is 4.07. The number of carbonyl (C=O) groups excluding carboxylic acids is 1. The van der Waals surface area contributed by atoms with Crippen LogP contribution in [0.15, 0.2) is 46.7 Å². The van der Waals surface area contributed by atoms with Gasteiger partial charge in [0.05, 0.1) is 12.8 Å². The maximum absolute atomic E-state index is 12.7. The molecule has 1 N–H and O–H groups in total. The zero-order valence-corrected chi connectivity index (χ0v) is 18.5. The Kier molecular flexibility index (Phi) is 5.56. The molecule has 0 unspecified atom stereocenters. The molecule has 2 aromatic carbocycles. The number of benzene rings is 2. The monoisotopic (exact) mass is 461 g/mol. The third-order valence-corrected chi connectivity index (χ3v) is 7.17. The molecule has 162 valence electrons. The molecule has 1 aliphatic heterocycles. The first-order valence-corrected chi connectivity index (χ1v) is 11.4. The number of methoxy groups -OCH3 is 1. The van der Waals surface area contributed by atoms with Gasteiger partial charge in [0.2, 0.25) is 16.8 Å². The van der Waals surface area contributed by atoms with Crippen LogP contribution in [0.5, 0.6) is 17.2 Å². The van der Waals surface area contributed by atoms with E-state index < -0.39 is 15.9 Å². The summed E-state index contributed by atoms with van der Waals surface area (Å²) in [6, 6.07) is 9.72. The van der Waals surface area contributed by atoms with Gasteiger partial charge in [-0.25, -0.2) is 17.7 Å². The second-order valence-corrected chi connectivity index (χ2v) is 9.69. The minimum absolute atomic E-state index is 0.0900. The number of amides is 1. The Hall–Kier alpha value is -3.15. The smallest absolute Gasteiger partial charge is 0.257 e. The average Bonchev–Trinajstić information content (AvgIpc) is 3.41. The Morgan fingerprint density at radius 1 is 1.16 bits per heavy atom. The van der Waals surface area contributed by atoms with Crippen LogP contribution in [0.4, 0.5) is 5.13 Å². The highest BCUT2D eigenvalue weighted by atomic mass is 32.2. The molecule has 11 heteroatoms. The Balaban J connectivity index is 1.57. The van der Waals surface area contributed by atoms with Gasteiger partial charge < -0.3 is 14.2 Å². The fourth-order valence-electron chi connectivity index (χ4n) is 2.91. The van der Waals surface area contributed by atoms with Crippen molar-refractivity contribution in [2.24, 2.45) is 0 Å². The van der Waals surface area contributed by atoms with Gasteiger partial charge in [0, 0.05) is 30.6 Å². The van der Waals surface area contributed by atoms with Crippen LogP contribution in [0.1, 0.15) is 10.4 Å². The van der Waals surface area contributed by atoms with Crippen LogP contribution < -0.4 is 19.5 Å². The molecule has 2 heterocycles. The van der Waals surface area contributed by atoms with Crippen LogP contribution in [0, 0.1) is 0 Å². The Morgan fingerprint density at radius 3 is 2.68 bits per heavy atom. The average molecular weight is 462 g/mol. The first-order valence-electron chi connectivity index (χ1n) is 9.07. The molecular weight excluding hydrogens is 442 g/mol. The van der Waals surface area contributed by atoms with E-state index in [-0.39, 0.29) is 23.0 Å². The van der Waals surface area contributed by atoms with E-state index >= 15 is 0 Å². The van der Waals surface area contributed by atoms with Crippen LogP contribution >= 0.6 is 11.3 Å². The van der Waals surface area contributed by atoms with E-state index in [2.05, 4.69) is 10.3 Å². The molecule has 4 rings (SSSR count). The van der Waals surface area contributed by atoms with Crippen molar-refractivity contribution in [2.75, 3.05) is 33.3 Å². The van der Waals surface area contributed by atoms with Crippen molar-refractivity contribution in [3.8, 4) is 28.5 Å². The van der Waals surface area contributed by atoms with Crippen LogP contribution in [0.25, 0.3) is 11.3 Å². The van der Waals surface area contributed by atoms with Crippen LogP contribution in [-0.4, -0.2) is 51.6 Å². The van der Waals surface area contributed by atoms with Gasteiger partial charge in [-0.05, 0) is 36.4 Å². The summed E-state index contributed by atoms with van der Waals surface area (Å²) in [5.41, 5.74) is 1.66. The van der Waals surface area contributed by atoms with E-state index in [0.717, 1.165) is 9.87 Å². The molecule has 0 spiro atoms. The predicted molar refractivity (Wildman–Crippen MR) is 115 cm³/mol. The van der Waals surface area contributed by atoms with Gasteiger partial charge in [0.25, 0.3) is 5.91 Å². The van der Waals surface area contributed by atoms with E-state index in [1.165, 1.54) is 50.7 Å². The summed E-state index contributed by atoms with van der Waals surface area (Å²) in [6.07, 6.45) is 0. The standard InChI is InChI=1S/C20H19N3O6S2/c1-23(2)31(25,26)18-9-13(5-7-16(18)27-3)19(24)22-20-21-14(10-30-20)12-4-6-15-17(8-12)29-11-28-15/h4-10H,11H2,1-3H3,(H,21,22,24). The minimum Gasteiger partial charge on any atom is -0.495 e. The molecular formula is C20H19N3O6S2. The number of thiazole rings is 1. The Morgan fingerprint density at radius 2 is 1.94 bits per heavy atom. The number of rotatable bonds is 6. The molecule has 1 amide bonds. The summed E-state index contributed by atoms with van der Waals surface area (Å²) < 4.78 is 42.0. The maximum atomic E-state index is 12.7. The molecule has 1 aromatic heterocycles. The highest BCUT2D eigenvalue weighted by molar-refractivity contribution is 7.89. The van der Waals surface area contributed by atoms with E-state index in [4.69, 9.17) is 14.2 Å². The second kappa shape index (κ2) is 8.17. The summed E-state index contributed by atoms with van der Waals surface area (Å²) in [5.74, 6) is 0.994. The first kappa shape index (κ1) is 21.1. The Labute approximate surface area is 183 Å². The van der Waals surface area contributed by atoms with Crippen molar-refractivity contribution in [1.29, 1.82) is 0 Å². The zero-order valence-electron chi connectivity index (χ0n) is 16.9. The minimum atomic E-state index is -3.79. The van der Waals surface area contributed by atoms with Crippen molar-refractivity contribution < 1.29 is 27.4 Å². The lowest BCUT2D eigenvalue weighted by atomic mass is 10.1. The van der Waals surface area contributed by atoms with Gasteiger partial charge in [-0.2, -0.15) is 0 Å². The van der Waals surface area contributed by atoms with E-state index in [1.54, 1.807) is 6.07 Å². The lowest BCUT2D eigenvalue weighted by Crippen LogP contribution is -2.23.